The minimum Gasteiger partial charge on any atom is -0.494 e. The molecule has 0 spiro atoms. The predicted octanol–water partition coefficient (Wildman–Crippen LogP) is 4.89. The Morgan fingerprint density at radius 3 is 2.29 bits per heavy atom. The Kier molecular flexibility index (Phi) is 6.74. The maximum atomic E-state index is 12.7. The zero-order valence-electron chi connectivity index (χ0n) is 16.9. The Bertz CT molecular complexity index is 1040. The van der Waals surface area contributed by atoms with E-state index in [9.17, 15) is 18.0 Å². The molecule has 2 aromatic carbocycles. The van der Waals surface area contributed by atoms with Gasteiger partial charge in [0.2, 0.25) is 5.88 Å². The highest BCUT2D eigenvalue weighted by atomic mass is 19.4. The lowest BCUT2D eigenvalue weighted by molar-refractivity contribution is -0.137. The van der Waals surface area contributed by atoms with Gasteiger partial charge in [-0.15, -0.1) is 0 Å². The van der Waals surface area contributed by atoms with Crippen LogP contribution in [0.1, 0.15) is 18.2 Å². The first-order chi connectivity index (χ1) is 14.7. The number of hydrogen-bond donors (Lipinski definition) is 1. The Morgan fingerprint density at radius 2 is 1.68 bits per heavy atom. The molecule has 3 aromatic rings. The number of anilines is 1. The lowest BCUT2D eigenvalue weighted by Crippen LogP contribution is -2.20. The number of carbonyl (C=O) groups excluding carboxylic acids is 1. The minimum absolute atomic E-state index is 0.143. The fourth-order valence-electron chi connectivity index (χ4n) is 2.69. The molecule has 0 fully saturated rings. The zero-order valence-corrected chi connectivity index (χ0v) is 16.9. The maximum Gasteiger partial charge on any atom is 0.416 e. The largest absolute Gasteiger partial charge is 0.494 e. The highest BCUT2D eigenvalue weighted by molar-refractivity contribution is 5.91. The number of nitrogens with zero attached hydrogens (tertiary/aromatic N) is 2. The summed E-state index contributed by atoms with van der Waals surface area (Å²) >= 11 is 0. The smallest absolute Gasteiger partial charge is 0.416 e. The standard InChI is InChI=1S/C22H20F3N3O3/c1-3-30-18-10-8-17(9-11-18)27-19(29)13-31-20-12-14(2)26-21(28-20)15-4-6-16(7-5-15)22(23,24)25/h4-12H,3,13H2,1-2H3,(H,27,29). The molecule has 0 radical (unpaired) electrons. The van der Waals surface area contributed by atoms with Crippen molar-refractivity contribution in [2.24, 2.45) is 0 Å². The van der Waals surface area contributed by atoms with E-state index in [1.807, 2.05) is 6.92 Å². The van der Waals surface area contributed by atoms with Gasteiger partial charge in [-0.2, -0.15) is 18.2 Å². The Labute approximate surface area is 177 Å². The van der Waals surface area contributed by atoms with E-state index in [2.05, 4.69) is 15.3 Å². The highest BCUT2D eigenvalue weighted by Gasteiger charge is 2.30. The van der Waals surface area contributed by atoms with Crippen LogP contribution in [0.2, 0.25) is 0 Å². The first-order valence-corrected chi connectivity index (χ1v) is 9.43. The molecule has 1 amide bonds. The normalized spacial score (nSPS) is 11.1. The topological polar surface area (TPSA) is 73.3 Å². The number of rotatable bonds is 7. The molecule has 3 rings (SSSR count). The lowest BCUT2D eigenvalue weighted by Gasteiger charge is -2.10. The average molecular weight is 431 g/mol. The van der Waals surface area contributed by atoms with Gasteiger partial charge in [0.15, 0.2) is 12.4 Å². The molecule has 31 heavy (non-hydrogen) atoms. The van der Waals surface area contributed by atoms with Gasteiger partial charge >= 0.3 is 6.18 Å². The molecule has 0 aliphatic carbocycles. The van der Waals surface area contributed by atoms with E-state index in [1.165, 1.54) is 18.2 Å². The summed E-state index contributed by atoms with van der Waals surface area (Å²) in [6.45, 7) is 3.83. The molecular weight excluding hydrogens is 411 g/mol. The SMILES string of the molecule is CCOc1ccc(NC(=O)COc2cc(C)nc(-c3ccc(C(F)(F)F)cc3)n2)cc1. The van der Waals surface area contributed by atoms with E-state index in [0.29, 0.717) is 29.3 Å². The van der Waals surface area contributed by atoms with E-state index in [1.54, 1.807) is 31.2 Å². The number of benzene rings is 2. The molecule has 6 nitrogen and oxygen atoms in total. The molecule has 0 atom stereocenters. The third kappa shape index (κ3) is 6.18. The first-order valence-electron chi connectivity index (χ1n) is 9.43. The van der Waals surface area contributed by atoms with Crippen LogP contribution in [0.15, 0.2) is 54.6 Å². The summed E-state index contributed by atoms with van der Waals surface area (Å²) in [6.07, 6.45) is -4.42. The van der Waals surface area contributed by atoms with Crippen molar-refractivity contribution >= 4 is 11.6 Å². The number of aryl methyl sites for hydroxylation is 1. The Balaban J connectivity index is 1.64. The van der Waals surface area contributed by atoms with Gasteiger partial charge in [-0.05, 0) is 50.2 Å². The van der Waals surface area contributed by atoms with E-state index in [4.69, 9.17) is 9.47 Å². The summed E-state index contributed by atoms with van der Waals surface area (Å²) in [5.74, 6) is 0.653. The number of hydrogen-bond acceptors (Lipinski definition) is 5. The van der Waals surface area contributed by atoms with Crippen molar-refractivity contribution in [1.82, 2.24) is 9.97 Å². The average Bonchev–Trinajstić information content (AvgIpc) is 2.73. The molecular formula is C22H20F3N3O3. The summed E-state index contributed by atoms with van der Waals surface area (Å²) in [7, 11) is 0. The highest BCUT2D eigenvalue weighted by Crippen LogP contribution is 2.30. The van der Waals surface area contributed by atoms with Crippen LogP contribution in [0, 0.1) is 6.92 Å². The quantitative estimate of drug-likeness (QED) is 0.577. The number of aromatic nitrogens is 2. The van der Waals surface area contributed by atoms with Gasteiger partial charge in [0.05, 0.1) is 12.2 Å². The van der Waals surface area contributed by atoms with E-state index in [-0.39, 0.29) is 18.3 Å². The van der Waals surface area contributed by atoms with Crippen molar-refractivity contribution in [3.05, 3.63) is 65.9 Å². The number of amides is 1. The van der Waals surface area contributed by atoms with E-state index < -0.39 is 17.6 Å². The molecule has 1 N–H and O–H groups in total. The molecule has 1 heterocycles. The fourth-order valence-corrected chi connectivity index (χ4v) is 2.69. The van der Waals surface area contributed by atoms with Crippen molar-refractivity contribution in [1.29, 1.82) is 0 Å². The first kappa shape index (κ1) is 22.1. The fraction of sp³-hybridized carbons (Fsp3) is 0.227. The molecule has 162 valence electrons. The number of alkyl halides is 3. The van der Waals surface area contributed by atoms with Gasteiger partial charge in [-0.1, -0.05) is 12.1 Å². The van der Waals surface area contributed by atoms with Crippen molar-refractivity contribution in [3.63, 3.8) is 0 Å². The minimum atomic E-state index is -4.42. The number of ether oxygens (including phenoxy) is 2. The second kappa shape index (κ2) is 9.46. The molecule has 0 unspecified atom stereocenters. The van der Waals surface area contributed by atoms with Gasteiger partial charge in [0.1, 0.15) is 5.75 Å². The second-order valence-corrected chi connectivity index (χ2v) is 6.54. The molecule has 0 saturated carbocycles. The molecule has 0 bridgehead atoms. The van der Waals surface area contributed by atoms with Crippen LogP contribution >= 0.6 is 0 Å². The lowest BCUT2D eigenvalue weighted by atomic mass is 10.1. The van der Waals surface area contributed by atoms with Crippen LogP contribution in [0.25, 0.3) is 11.4 Å². The van der Waals surface area contributed by atoms with Crippen LogP contribution < -0.4 is 14.8 Å². The van der Waals surface area contributed by atoms with Crippen LogP contribution in [0.4, 0.5) is 18.9 Å². The van der Waals surface area contributed by atoms with Gasteiger partial charge in [-0.25, -0.2) is 4.98 Å². The van der Waals surface area contributed by atoms with E-state index in [0.717, 1.165) is 12.1 Å². The Hall–Kier alpha value is -3.62. The zero-order chi connectivity index (χ0) is 22.4. The van der Waals surface area contributed by atoms with Crippen molar-refractivity contribution < 1.29 is 27.4 Å². The summed E-state index contributed by atoms with van der Waals surface area (Å²) in [4.78, 5) is 20.6. The Morgan fingerprint density at radius 1 is 1.00 bits per heavy atom. The molecule has 0 saturated heterocycles. The van der Waals surface area contributed by atoms with Gasteiger partial charge in [0, 0.05) is 23.0 Å². The van der Waals surface area contributed by atoms with Crippen LogP contribution in [-0.2, 0) is 11.0 Å². The predicted molar refractivity (Wildman–Crippen MR) is 109 cm³/mol. The number of halogens is 3. The van der Waals surface area contributed by atoms with E-state index >= 15 is 0 Å². The van der Waals surface area contributed by atoms with Gasteiger partial charge in [0.25, 0.3) is 5.91 Å². The number of carbonyl (C=O) groups is 1. The maximum absolute atomic E-state index is 12.7. The third-order valence-corrected chi connectivity index (χ3v) is 4.10. The van der Waals surface area contributed by atoms with Crippen molar-refractivity contribution in [2.75, 3.05) is 18.5 Å². The molecule has 0 aliphatic rings. The molecule has 1 aromatic heterocycles. The molecule has 0 aliphatic heterocycles. The van der Waals surface area contributed by atoms with Gasteiger partial charge < -0.3 is 14.8 Å². The summed E-state index contributed by atoms with van der Waals surface area (Å²) < 4.78 is 49.0. The monoisotopic (exact) mass is 431 g/mol. The van der Waals surface area contributed by atoms with Crippen molar-refractivity contribution in [3.8, 4) is 23.0 Å². The van der Waals surface area contributed by atoms with Gasteiger partial charge in [-0.3, -0.25) is 4.79 Å². The van der Waals surface area contributed by atoms with Crippen LogP contribution in [-0.4, -0.2) is 29.1 Å². The summed E-state index contributed by atoms with van der Waals surface area (Å²) in [5.41, 5.74) is 0.778. The summed E-state index contributed by atoms with van der Waals surface area (Å²) in [6, 6.07) is 12.9. The van der Waals surface area contributed by atoms with Crippen LogP contribution in [0.3, 0.4) is 0 Å². The van der Waals surface area contributed by atoms with Crippen molar-refractivity contribution in [2.45, 2.75) is 20.0 Å². The summed E-state index contributed by atoms with van der Waals surface area (Å²) in [5, 5.41) is 2.69. The third-order valence-electron chi connectivity index (χ3n) is 4.10. The van der Waals surface area contributed by atoms with Crippen LogP contribution in [0.5, 0.6) is 11.6 Å². The number of nitrogens with one attached hydrogen (secondary N) is 1. The second-order valence-electron chi connectivity index (χ2n) is 6.54. The molecule has 9 heteroatoms.